The number of aryl methyl sites for hydroxylation is 1. The molecule has 1 amide bonds. The van der Waals surface area contributed by atoms with Crippen LogP contribution in [0.2, 0.25) is 5.15 Å². The zero-order chi connectivity index (χ0) is 18.5. The van der Waals surface area contributed by atoms with Crippen LogP contribution < -0.4 is 10.2 Å². The Morgan fingerprint density at radius 3 is 2.77 bits per heavy atom. The van der Waals surface area contributed by atoms with Crippen LogP contribution in [0.4, 0.5) is 10.7 Å². The van der Waals surface area contributed by atoms with Crippen LogP contribution in [0, 0.1) is 11.3 Å². The molecule has 8 heteroatoms. The maximum Gasteiger partial charge on any atom is 0.238 e. The third-order valence-electron chi connectivity index (χ3n) is 4.44. The molecule has 1 N–H and O–H groups in total. The van der Waals surface area contributed by atoms with E-state index in [1.807, 2.05) is 24.3 Å². The maximum absolute atomic E-state index is 12.4. The number of nitrogens with zero attached hydrogens (tertiary/aromatic N) is 4. The Kier molecular flexibility index (Phi) is 6.09. The zero-order valence-electron chi connectivity index (χ0n) is 14.5. The number of anilines is 2. The van der Waals surface area contributed by atoms with E-state index in [9.17, 15) is 10.1 Å². The van der Waals surface area contributed by atoms with Crippen molar-refractivity contribution in [2.75, 3.05) is 42.9 Å². The fourth-order valence-electron chi connectivity index (χ4n) is 3.03. The number of rotatable bonds is 5. The minimum Gasteiger partial charge on any atom is -0.358 e. The molecular formula is C18H20ClN5OS. The molecule has 1 aliphatic heterocycles. The van der Waals surface area contributed by atoms with Crippen LogP contribution in [0.15, 0.2) is 24.3 Å². The highest BCUT2D eigenvalue weighted by atomic mass is 35.5. The lowest BCUT2D eigenvalue weighted by molar-refractivity contribution is -0.117. The minimum atomic E-state index is -0.00195. The summed E-state index contributed by atoms with van der Waals surface area (Å²) in [4.78, 5) is 16.6. The number of nitriles is 1. The van der Waals surface area contributed by atoms with Gasteiger partial charge in [-0.1, -0.05) is 36.7 Å². The predicted molar refractivity (Wildman–Crippen MR) is 105 cm³/mol. The Morgan fingerprint density at radius 1 is 1.35 bits per heavy atom. The minimum absolute atomic E-state index is 0.00195. The van der Waals surface area contributed by atoms with E-state index in [4.69, 9.17) is 11.6 Å². The van der Waals surface area contributed by atoms with E-state index >= 15 is 0 Å². The van der Waals surface area contributed by atoms with Crippen LogP contribution in [-0.4, -0.2) is 47.9 Å². The van der Waals surface area contributed by atoms with E-state index in [1.54, 1.807) is 0 Å². The average Bonchev–Trinajstić information content (AvgIpc) is 3.03. The van der Waals surface area contributed by atoms with E-state index in [1.165, 1.54) is 11.5 Å². The fourth-order valence-corrected chi connectivity index (χ4v) is 4.11. The molecule has 0 saturated carbocycles. The molecule has 1 aliphatic rings. The second kappa shape index (κ2) is 8.49. The van der Waals surface area contributed by atoms with E-state index < -0.39 is 0 Å². The van der Waals surface area contributed by atoms with Crippen molar-refractivity contribution in [2.24, 2.45) is 0 Å². The Bertz CT molecular complexity index is 823. The van der Waals surface area contributed by atoms with E-state index in [2.05, 4.69) is 32.5 Å². The van der Waals surface area contributed by atoms with E-state index in [0.29, 0.717) is 12.1 Å². The summed E-state index contributed by atoms with van der Waals surface area (Å²) in [7, 11) is 0. The third kappa shape index (κ3) is 4.15. The number of hydrogen-bond donors (Lipinski definition) is 1. The van der Waals surface area contributed by atoms with Gasteiger partial charge in [0.05, 0.1) is 6.54 Å². The van der Waals surface area contributed by atoms with Crippen LogP contribution >= 0.6 is 23.1 Å². The molecule has 1 saturated heterocycles. The first-order chi connectivity index (χ1) is 12.6. The Morgan fingerprint density at radius 2 is 2.08 bits per heavy atom. The maximum atomic E-state index is 12.4. The summed E-state index contributed by atoms with van der Waals surface area (Å²) in [6.07, 6.45) is 0.883. The standard InChI is InChI=1S/C18H20ClN5OS/c1-2-13-5-3-4-6-15(13)21-16(25)12-23-7-9-24(10-8-23)18-14(11-20)17(19)22-26-18/h3-6H,2,7-10,12H2,1H3,(H,21,25). The van der Waals surface area contributed by atoms with Gasteiger partial charge < -0.3 is 10.2 Å². The van der Waals surface area contributed by atoms with Crippen LogP contribution in [0.3, 0.4) is 0 Å². The van der Waals surface area contributed by atoms with Gasteiger partial charge in [-0.2, -0.15) is 9.64 Å². The van der Waals surface area contributed by atoms with Crippen LogP contribution in [0.1, 0.15) is 18.1 Å². The van der Waals surface area contributed by atoms with Crippen molar-refractivity contribution in [3.8, 4) is 6.07 Å². The number of piperazine rings is 1. The number of halogens is 1. The highest BCUT2D eigenvalue weighted by Gasteiger charge is 2.24. The number of benzene rings is 1. The Balaban J connectivity index is 1.54. The molecule has 6 nitrogen and oxygen atoms in total. The number of aromatic nitrogens is 1. The first-order valence-corrected chi connectivity index (χ1v) is 9.67. The molecule has 0 unspecified atom stereocenters. The lowest BCUT2D eigenvalue weighted by Crippen LogP contribution is -2.48. The molecule has 1 fully saturated rings. The second-order valence-electron chi connectivity index (χ2n) is 6.09. The summed E-state index contributed by atoms with van der Waals surface area (Å²) >= 11 is 7.20. The van der Waals surface area contributed by atoms with Gasteiger partial charge in [0.1, 0.15) is 16.6 Å². The van der Waals surface area contributed by atoms with Crippen LogP contribution in [-0.2, 0) is 11.2 Å². The molecule has 0 spiro atoms. The Hall–Kier alpha value is -2.14. The zero-order valence-corrected chi connectivity index (χ0v) is 16.1. The van der Waals surface area contributed by atoms with Gasteiger partial charge in [-0.15, -0.1) is 0 Å². The molecule has 2 heterocycles. The number of amides is 1. The van der Waals surface area contributed by atoms with Crippen LogP contribution in [0.25, 0.3) is 0 Å². The summed E-state index contributed by atoms with van der Waals surface area (Å²) in [6, 6.07) is 10.00. The van der Waals surface area contributed by atoms with Crippen molar-refractivity contribution in [2.45, 2.75) is 13.3 Å². The quantitative estimate of drug-likeness (QED) is 0.851. The van der Waals surface area contributed by atoms with Gasteiger partial charge in [-0.05, 0) is 29.6 Å². The molecule has 0 aliphatic carbocycles. The van der Waals surface area contributed by atoms with Crippen molar-refractivity contribution in [3.05, 3.63) is 40.5 Å². The first-order valence-electron chi connectivity index (χ1n) is 8.52. The van der Waals surface area contributed by atoms with Gasteiger partial charge >= 0.3 is 0 Å². The Labute approximate surface area is 162 Å². The normalized spacial score (nSPS) is 14.9. The fraction of sp³-hybridized carbons (Fsp3) is 0.389. The lowest BCUT2D eigenvalue weighted by Gasteiger charge is -2.34. The monoisotopic (exact) mass is 389 g/mol. The van der Waals surface area contributed by atoms with Gasteiger partial charge in [0, 0.05) is 31.9 Å². The van der Waals surface area contributed by atoms with Crippen molar-refractivity contribution < 1.29 is 4.79 Å². The highest BCUT2D eigenvalue weighted by molar-refractivity contribution is 7.10. The van der Waals surface area contributed by atoms with E-state index in [0.717, 1.165) is 48.9 Å². The van der Waals surface area contributed by atoms with E-state index in [-0.39, 0.29) is 11.1 Å². The molecule has 2 aromatic rings. The number of nitrogens with one attached hydrogen (secondary N) is 1. The van der Waals surface area contributed by atoms with Crippen molar-refractivity contribution in [1.82, 2.24) is 9.27 Å². The van der Waals surface area contributed by atoms with Gasteiger partial charge in [0.25, 0.3) is 0 Å². The number of carbonyl (C=O) groups is 1. The van der Waals surface area contributed by atoms with Gasteiger partial charge in [-0.3, -0.25) is 9.69 Å². The number of hydrogen-bond acceptors (Lipinski definition) is 6. The number of carbonyl (C=O) groups excluding carboxylic acids is 1. The predicted octanol–water partition coefficient (Wildman–Crippen LogP) is 2.99. The molecule has 136 valence electrons. The lowest BCUT2D eigenvalue weighted by atomic mass is 10.1. The van der Waals surface area contributed by atoms with Crippen LogP contribution in [0.5, 0.6) is 0 Å². The first kappa shape index (κ1) is 18.6. The summed E-state index contributed by atoms with van der Waals surface area (Å²) < 4.78 is 4.06. The largest absolute Gasteiger partial charge is 0.358 e. The second-order valence-corrected chi connectivity index (χ2v) is 7.20. The van der Waals surface area contributed by atoms with Gasteiger partial charge in [-0.25, -0.2) is 0 Å². The summed E-state index contributed by atoms with van der Waals surface area (Å²) in [5.41, 5.74) is 2.47. The molecule has 1 aromatic heterocycles. The average molecular weight is 390 g/mol. The highest BCUT2D eigenvalue weighted by Crippen LogP contribution is 2.31. The summed E-state index contributed by atoms with van der Waals surface area (Å²) in [6.45, 7) is 5.43. The number of para-hydroxylation sites is 1. The van der Waals surface area contributed by atoms with Crippen molar-refractivity contribution in [1.29, 1.82) is 5.26 Å². The molecule has 0 radical (unpaired) electrons. The van der Waals surface area contributed by atoms with Gasteiger partial charge in [0.15, 0.2) is 5.15 Å². The summed E-state index contributed by atoms with van der Waals surface area (Å²) in [5.74, 6) is -0.00195. The van der Waals surface area contributed by atoms with Gasteiger partial charge in [0.2, 0.25) is 5.91 Å². The smallest absolute Gasteiger partial charge is 0.238 e. The SMILES string of the molecule is CCc1ccccc1NC(=O)CN1CCN(c2snc(Cl)c2C#N)CC1. The molecule has 1 aromatic carbocycles. The molecular weight excluding hydrogens is 370 g/mol. The molecule has 3 rings (SSSR count). The third-order valence-corrected chi connectivity index (χ3v) is 5.73. The van der Waals surface area contributed by atoms with Crippen molar-refractivity contribution in [3.63, 3.8) is 0 Å². The topological polar surface area (TPSA) is 72.3 Å². The molecule has 26 heavy (non-hydrogen) atoms. The molecule has 0 bridgehead atoms. The molecule has 0 atom stereocenters. The summed E-state index contributed by atoms with van der Waals surface area (Å²) in [5, 5.41) is 13.3. The van der Waals surface area contributed by atoms with Crippen molar-refractivity contribution >= 4 is 39.7 Å².